The molecule has 126 valence electrons. The van der Waals surface area contributed by atoms with Gasteiger partial charge in [0.15, 0.2) is 0 Å². The van der Waals surface area contributed by atoms with E-state index in [1.54, 1.807) is 36.2 Å². The van der Waals surface area contributed by atoms with Crippen molar-refractivity contribution in [2.24, 2.45) is 0 Å². The zero-order chi connectivity index (χ0) is 17.5. The van der Waals surface area contributed by atoms with Crippen molar-refractivity contribution in [3.05, 3.63) is 65.7 Å². The summed E-state index contributed by atoms with van der Waals surface area (Å²) in [4.78, 5) is 25.6. The van der Waals surface area contributed by atoms with Crippen LogP contribution in [0.4, 0.5) is 5.69 Å². The quantitative estimate of drug-likeness (QED) is 0.857. The molecule has 5 nitrogen and oxygen atoms in total. The molecule has 0 aliphatic rings. The number of carbonyl (C=O) groups is 2. The number of anilines is 1. The van der Waals surface area contributed by atoms with Crippen molar-refractivity contribution in [3.8, 4) is 0 Å². The van der Waals surface area contributed by atoms with E-state index in [1.807, 2.05) is 30.3 Å². The summed E-state index contributed by atoms with van der Waals surface area (Å²) in [5.74, 6) is -0.347. The van der Waals surface area contributed by atoms with E-state index in [1.165, 1.54) is 6.92 Å². The third-order valence-corrected chi connectivity index (χ3v) is 3.80. The number of carbonyl (C=O) groups excluding carboxylic acids is 2. The molecule has 2 aromatic rings. The fraction of sp³-hybridized carbons (Fsp3) is 0.263. The zero-order valence-electron chi connectivity index (χ0n) is 13.9. The van der Waals surface area contributed by atoms with E-state index >= 15 is 0 Å². The topological polar surface area (TPSA) is 69.6 Å². The van der Waals surface area contributed by atoms with E-state index < -0.39 is 0 Å². The van der Waals surface area contributed by atoms with Gasteiger partial charge in [0.1, 0.15) is 0 Å². The van der Waals surface area contributed by atoms with Crippen LogP contribution in [0.1, 0.15) is 35.3 Å². The van der Waals surface area contributed by atoms with Gasteiger partial charge in [-0.05, 0) is 30.2 Å². The molecule has 0 saturated heterocycles. The average molecular weight is 326 g/mol. The summed E-state index contributed by atoms with van der Waals surface area (Å²) in [6.45, 7) is 1.41. The van der Waals surface area contributed by atoms with Crippen LogP contribution >= 0.6 is 0 Å². The highest BCUT2D eigenvalue weighted by molar-refractivity contribution is 5.96. The Morgan fingerprint density at radius 2 is 1.83 bits per heavy atom. The Morgan fingerprint density at radius 1 is 1.12 bits per heavy atom. The highest BCUT2D eigenvalue weighted by Crippen LogP contribution is 2.25. The van der Waals surface area contributed by atoms with E-state index in [9.17, 15) is 14.7 Å². The molecule has 0 fully saturated rings. The van der Waals surface area contributed by atoms with E-state index in [-0.39, 0.29) is 24.5 Å². The van der Waals surface area contributed by atoms with Crippen molar-refractivity contribution in [2.75, 3.05) is 19.0 Å². The van der Waals surface area contributed by atoms with Gasteiger partial charge in [0, 0.05) is 31.8 Å². The lowest BCUT2D eigenvalue weighted by Gasteiger charge is -2.28. The van der Waals surface area contributed by atoms with Crippen LogP contribution in [0.25, 0.3) is 0 Å². The van der Waals surface area contributed by atoms with Crippen molar-refractivity contribution in [1.29, 1.82) is 0 Å². The minimum absolute atomic E-state index is 0.0108. The van der Waals surface area contributed by atoms with Crippen LogP contribution in [0.3, 0.4) is 0 Å². The van der Waals surface area contributed by atoms with Crippen molar-refractivity contribution < 1.29 is 14.7 Å². The van der Waals surface area contributed by atoms with Gasteiger partial charge in [0.2, 0.25) is 5.91 Å². The monoisotopic (exact) mass is 326 g/mol. The fourth-order valence-electron chi connectivity index (χ4n) is 2.66. The van der Waals surface area contributed by atoms with Gasteiger partial charge in [-0.1, -0.05) is 36.4 Å². The van der Waals surface area contributed by atoms with Crippen LogP contribution in [0.15, 0.2) is 54.6 Å². The number of rotatable bonds is 6. The summed E-state index contributed by atoms with van der Waals surface area (Å²) in [5, 5.41) is 12.0. The molecule has 5 heteroatoms. The molecule has 2 rings (SSSR count). The second-order valence-corrected chi connectivity index (χ2v) is 5.62. The number of aliphatic hydroxyl groups excluding tert-OH is 1. The lowest BCUT2D eigenvalue weighted by atomic mass is 10.0. The molecule has 24 heavy (non-hydrogen) atoms. The van der Waals surface area contributed by atoms with Crippen LogP contribution in [-0.2, 0) is 4.79 Å². The summed E-state index contributed by atoms with van der Waals surface area (Å²) in [6.07, 6.45) is 0.456. The summed E-state index contributed by atoms with van der Waals surface area (Å²) in [7, 11) is 1.72. The van der Waals surface area contributed by atoms with E-state index in [0.29, 0.717) is 17.7 Å². The number of amides is 2. The molecular formula is C19H22N2O3. The Morgan fingerprint density at radius 3 is 2.46 bits per heavy atom. The largest absolute Gasteiger partial charge is 0.396 e. The molecule has 0 spiro atoms. The first-order chi connectivity index (χ1) is 11.5. The maximum Gasteiger partial charge on any atom is 0.254 e. The van der Waals surface area contributed by atoms with Crippen molar-refractivity contribution >= 4 is 17.5 Å². The van der Waals surface area contributed by atoms with E-state index in [2.05, 4.69) is 5.32 Å². The molecule has 0 radical (unpaired) electrons. The van der Waals surface area contributed by atoms with Crippen molar-refractivity contribution in [2.45, 2.75) is 19.4 Å². The SMILES string of the molecule is CC(=O)Nc1cccc(C(=O)N(C)C(CCO)c2ccccc2)c1. The fourth-order valence-corrected chi connectivity index (χ4v) is 2.66. The molecule has 0 heterocycles. The third-order valence-electron chi connectivity index (χ3n) is 3.80. The molecule has 0 saturated carbocycles. The Bertz CT molecular complexity index is 701. The van der Waals surface area contributed by atoms with Gasteiger partial charge in [-0.15, -0.1) is 0 Å². The lowest BCUT2D eigenvalue weighted by molar-refractivity contribution is -0.114. The van der Waals surface area contributed by atoms with E-state index in [0.717, 1.165) is 5.56 Å². The smallest absolute Gasteiger partial charge is 0.254 e. The maximum atomic E-state index is 12.8. The van der Waals surface area contributed by atoms with Crippen LogP contribution in [0.2, 0.25) is 0 Å². The van der Waals surface area contributed by atoms with Gasteiger partial charge in [-0.25, -0.2) is 0 Å². The molecule has 0 aliphatic carbocycles. The number of aliphatic hydroxyl groups is 1. The predicted octanol–water partition coefficient (Wildman–Crippen LogP) is 2.84. The molecule has 2 amide bonds. The molecule has 0 aromatic heterocycles. The average Bonchev–Trinajstić information content (AvgIpc) is 2.59. The molecule has 2 N–H and O–H groups in total. The standard InChI is InChI=1S/C19H22N2O3/c1-14(23)20-17-10-6-9-16(13-17)19(24)21(2)18(11-12-22)15-7-4-3-5-8-15/h3-10,13,18,22H,11-12H2,1-2H3,(H,20,23). The van der Waals surface area contributed by atoms with Gasteiger partial charge in [-0.3, -0.25) is 9.59 Å². The van der Waals surface area contributed by atoms with Crippen LogP contribution in [0, 0.1) is 0 Å². The van der Waals surface area contributed by atoms with Gasteiger partial charge in [-0.2, -0.15) is 0 Å². The first kappa shape index (κ1) is 17.7. The first-order valence-electron chi connectivity index (χ1n) is 7.83. The van der Waals surface area contributed by atoms with Crippen molar-refractivity contribution in [3.63, 3.8) is 0 Å². The summed E-state index contributed by atoms with van der Waals surface area (Å²) in [6, 6.07) is 16.2. The highest BCUT2D eigenvalue weighted by Gasteiger charge is 2.22. The minimum Gasteiger partial charge on any atom is -0.396 e. The lowest BCUT2D eigenvalue weighted by Crippen LogP contribution is -2.32. The molecule has 0 bridgehead atoms. The Hall–Kier alpha value is -2.66. The second kappa shape index (κ2) is 8.26. The Balaban J connectivity index is 2.25. The van der Waals surface area contributed by atoms with Crippen LogP contribution in [0.5, 0.6) is 0 Å². The van der Waals surface area contributed by atoms with Crippen LogP contribution in [-0.4, -0.2) is 35.5 Å². The highest BCUT2D eigenvalue weighted by atomic mass is 16.3. The number of nitrogens with one attached hydrogen (secondary N) is 1. The normalized spacial score (nSPS) is 11.6. The Kier molecular flexibility index (Phi) is 6.09. The van der Waals surface area contributed by atoms with Gasteiger partial charge in [0.05, 0.1) is 6.04 Å². The number of nitrogens with zero attached hydrogens (tertiary/aromatic N) is 1. The third kappa shape index (κ3) is 4.43. The van der Waals surface area contributed by atoms with Crippen LogP contribution < -0.4 is 5.32 Å². The molecule has 1 atom stereocenters. The van der Waals surface area contributed by atoms with Gasteiger partial charge in [0.25, 0.3) is 5.91 Å². The Labute approximate surface area is 141 Å². The molecule has 0 aliphatic heterocycles. The first-order valence-corrected chi connectivity index (χ1v) is 7.83. The second-order valence-electron chi connectivity index (χ2n) is 5.62. The van der Waals surface area contributed by atoms with Gasteiger partial charge >= 0.3 is 0 Å². The minimum atomic E-state index is -0.215. The van der Waals surface area contributed by atoms with Gasteiger partial charge < -0.3 is 15.3 Å². The predicted molar refractivity (Wildman–Crippen MR) is 93.7 cm³/mol. The zero-order valence-corrected chi connectivity index (χ0v) is 13.9. The summed E-state index contributed by atoms with van der Waals surface area (Å²) in [5.41, 5.74) is 2.04. The number of benzene rings is 2. The molecular weight excluding hydrogens is 304 g/mol. The number of hydrogen-bond donors (Lipinski definition) is 2. The molecule has 2 aromatic carbocycles. The summed E-state index contributed by atoms with van der Waals surface area (Å²) < 4.78 is 0. The summed E-state index contributed by atoms with van der Waals surface area (Å²) >= 11 is 0. The number of hydrogen-bond acceptors (Lipinski definition) is 3. The maximum absolute atomic E-state index is 12.8. The van der Waals surface area contributed by atoms with E-state index in [4.69, 9.17) is 0 Å². The molecule has 1 unspecified atom stereocenters. The van der Waals surface area contributed by atoms with Crippen molar-refractivity contribution in [1.82, 2.24) is 4.90 Å².